The summed E-state index contributed by atoms with van der Waals surface area (Å²) in [6, 6.07) is 11.8. The Kier molecular flexibility index (Phi) is 5.14. The Labute approximate surface area is 184 Å². The molecule has 6 nitrogen and oxygen atoms in total. The van der Waals surface area contributed by atoms with Crippen LogP contribution < -0.4 is 5.32 Å². The van der Waals surface area contributed by atoms with Crippen molar-refractivity contribution in [3.05, 3.63) is 79.0 Å². The van der Waals surface area contributed by atoms with Crippen molar-refractivity contribution < 1.29 is 8.78 Å². The fourth-order valence-corrected chi connectivity index (χ4v) is 4.03. The molecule has 162 valence electrons. The predicted octanol–water partition coefficient (Wildman–Crippen LogP) is 4.94. The zero-order chi connectivity index (χ0) is 22.1. The van der Waals surface area contributed by atoms with Crippen LogP contribution in [0, 0.1) is 0 Å². The Hall–Kier alpha value is -3.65. The third kappa shape index (κ3) is 4.22. The van der Waals surface area contributed by atoms with Gasteiger partial charge in [0.25, 0.3) is 5.92 Å². The second kappa shape index (κ2) is 8.12. The lowest BCUT2D eigenvalue weighted by atomic mass is 10.0. The Bertz CT molecular complexity index is 1270. The quantitative estimate of drug-likeness (QED) is 0.452. The minimum absolute atomic E-state index is 0.0863. The van der Waals surface area contributed by atoms with Crippen LogP contribution in [0.1, 0.15) is 17.7 Å². The number of aromatic nitrogens is 4. The fraction of sp³-hybridized carbons (Fsp3) is 0.208. The summed E-state index contributed by atoms with van der Waals surface area (Å²) in [5, 5.41) is 11.6. The van der Waals surface area contributed by atoms with Gasteiger partial charge in [0, 0.05) is 49.1 Å². The third-order valence-electron chi connectivity index (χ3n) is 5.59. The number of pyridine rings is 2. The summed E-state index contributed by atoms with van der Waals surface area (Å²) >= 11 is 0. The summed E-state index contributed by atoms with van der Waals surface area (Å²) in [4.78, 5) is 10.2. The van der Waals surface area contributed by atoms with Crippen LogP contribution in [0.5, 0.6) is 0 Å². The Balaban J connectivity index is 1.40. The number of benzene rings is 1. The van der Waals surface area contributed by atoms with Crippen LogP contribution >= 0.6 is 0 Å². The molecule has 4 heterocycles. The van der Waals surface area contributed by atoms with E-state index in [0.29, 0.717) is 24.5 Å². The van der Waals surface area contributed by atoms with Gasteiger partial charge in [-0.05, 0) is 41.5 Å². The van der Waals surface area contributed by atoms with Gasteiger partial charge in [0.05, 0.1) is 29.6 Å². The van der Waals surface area contributed by atoms with Crippen LogP contribution in [0.2, 0.25) is 0 Å². The van der Waals surface area contributed by atoms with E-state index in [4.69, 9.17) is 0 Å². The van der Waals surface area contributed by atoms with Gasteiger partial charge in [-0.25, -0.2) is 8.78 Å². The maximum atomic E-state index is 13.5. The first-order valence-corrected chi connectivity index (χ1v) is 10.4. The van der Waals surface area contributed by atoms with Crippen molar-refractivity contribution in [1.29, 1.82) is 0 Å². The monoisotopic (exact) mass is 432 g/mol. The molecule has 0 unspecified atom stereocenters. The molecule has 0 bridgehead atoms. The van der Waals surface area contributed by atoms with E-state index >= 15 is 0 Å². The SMILES string of the molecule is C=C(Nc1cccnc1)c1n[nH]c2ccc(-c3cncc(CN4CCC(F)(F)C4)c3)cc12. The molecular formula is C24H22F2N6. The van der Waals surface area contributed by atoms with E-state index in [0.717, 1.165) is 33.3 Å². The summed E-state index contributed by atoms with van der Waals surface area (Å²) in [6.07, 6.45) is 6.87. The van der Waals surface area contributed by atoms with Gasteiger partial charge in [0.2, 0.25) is 0 Å². The molecule has 3 aromatic heterocycles. The molecular weight excluding hydrogens is 410 g/mol. The zero-order valence-electron chi connectivity index (χ0n) is 17.4. The number of hydrogen-bond acceptors (Lipinski definition) is 5. The maximum Gasteiger partial charge on any atom is 0.261 e. The molecule has 5 rings (SSSR count). The molecule has 1 aliphatic rings. The van der Waals surface area contributed by atoms with Crippen molar-refractivity contribution in [3.63, 3.8) is 0 Å². The predicted molar refractivity (Wildman–Crippen MR) is 121 cm³/mol. The molecule has 8 heteroatoms. The molecule has 32 heavy (non-hydrogen) atoms. The standard InChI is InChI=1S/C24H22F2N6/c1-16(29-20-3-2-7-27-13-20)23-21-10-18(4-5-22(21)30-31-23)19-9-17(11-28-12-19)14-32-8-6-24(25,26)15-32/h2-5,7,9-13,29H,1,6,8,14-15H2,(H,30,31). The fourth-order valence-electron chi connectivity index (χ4n) is 4.03. The second-order valence-corrected chi connectivity index (χ2v) is 8.08. The minimum atomic E-state index is -2.60. The normalized spacial score (nSPS) is 15.8. The van der Waals surface area contributed by atoms with Gasteiger partial charge >= 0.3 is 0 Å². The van der Waals surface area contributed by atoms with E-state index in [1.54, 1.807) is 29.7 Å². The first-order valence-electron chi connectivity index (χ1n) is 10.4. The molecule has 0 radical (unpaired) electrons. The third-order valence-corrected chi connectivity index (χ3v) is 5.59. The summed E-state index contributed by atoms with van der Waals surface area (Å²) in [5.41, 5.74) is 5.90. The average Bonchev–Trinajstić information content (AvgIpc) is 3.36. The van der Waals surface area contributed by atoms with Crippen molar-refractivity contribution >= 4 is 22.3 Å². The lowest BCUT2D eigenvalue weighted by molar-refractivity contribution is 0.0115. The van der Waals surface area contributed by atoms with Gasteiger partial charge in [0.15, 0.2) is 0 Å². The van der Waals surface area contributed by atoms with Gasteiger partial charge in [-0.3, -0.25) is 20.0 Å². The van der Waals surface area contributed by atoms with Crippen molar-refractivity contribution in [2.45, 2.75) is 18.9 Å². The number of hydrogen-bond donors (Lipinski definition) is 2. The number of halogens is 2. The number of fused-ring (bicyclic) bond motifs is 1. The largest absolute Gasteiger partial charge is 0.353 e. The second-order valence-electron chi connectivity index (χ2n) is 8.08. The Morgan fingerprint density at radius 2 is 2.03 bits per heavy atom. The zero-order valence-corrected chi connectivity index (χ0v) is 17.4. The van der Waals surface area contributed by atoms with Crippen molar-refractivity contribution in [1.82, 2.24) is 25.1 Å². The lowest BCUT2D eigenvalue weighted by Gasteiger charge is -2.15. The van der Waals surface area contributed by atoms with Crippen LogP contribution in [0.15, 0.2) is 67.8 Å². The van der Waals surface area contributed by atoms with Gasteiger partial charge < -0.3 is 5.32 Å². The van der Waals surface area contributed by atoms with Crippen LogP contribution in [0.3, 0.4) is 0 Å². The number of likely N-dealkylation sites (tertiary alicyclic amines) is 1. The number of H-pyrrole nitrogens is 1. The number of alkyl halides is 2. The van der Waals surface area contributed by atoms with Gasteiger partial charge in [0.1, 0.15) is 5.69 Å². The first kappa shape index (κ1) is 20.3. The van der Waals surface area contributed by atoms with E-state index in [1.807, 2.05) is 36.4 Å². The number of nitrogens with one attached hydrogen (secondary N) is 2. The molecule has 0 atom stereocenters. The van der Waals surface area contributed by atoms with Gasteiger partial charge in [-0.1, -0.05) is 12.6 Å². The molecule has 0 saturated carbocycles. The Morgan fingerprint density at radius 1 is 1.12 bits per heavy atom. The molecule has 0 spiro atoms. The average molecular weight is 432 g/mol. The number of rotatable bonds is 6. The molecule has 1 aromatic carbocycles. The molecule has 1 aliphatic heterocycles. The molecule has 4 aromatic rings. The topological polar surface area (TPSA) is 69.7 Å². The minimum Gasteiger partial charge on any atom is -0.353 e. The van der Waals surface area contributed by atoms with E-state index in [-0.39, 0.29) is 13.0 Å². The first-order chi connectivity index (χ1) is 15.5. The molecule has 2 N–H and O–H groups in total. The van der Waals surface area contributed by atoms with E-state index < -0.39 is 5.92 Å². The molecule has 1 saturated heterocycles. The van der Waals surface area contributed by atoms with Gasteiger partial charge in [-0.2, -0.15) is 5.10 Å². The highest BCUT2D eigenvalue weighted by molar-refractivity contribution is 5.94. The lowest BCUT2D eigenvalue weighted by Crippen LogP contribution is -2.24. The number of aromatic amines is 1. The maximum absolute atomic E-state index is 13.5. The number of anilines is 1. The number of nitrogens with zero attached hydrogens (tertiary/aromatic N) is 4. The summed E-state index contributed by atoms with van der Waals surface area (Å²) in [5.74, 6) is -2.60. The van der Waals surface area contributed by atoms with Crippen LogP contribution in [0.4, 0.5) is 14.5 Å². The summed E-state index contributed by atoms with van der Waals surface area (Å²) in [6.45, 7) is 4.78. The van der Waals surface area contributed by atoms with Crippen molar-refractivity contribution in [3.8, 4) is 11.1 Å². The van der Waals surface area contributed by atoms with Crippen LogP contribution in [-0.4, -0.2) is 44.1 Å². The highest BCUT2D eigenvalue weighted by Gasteiger charge is 2.37. The van der Waals surface area contributed by atoms with E-state index in [2.05, 4.69) is 32.1 Å². The van der Waals surface area contributed by atoms with E-state index in [9.17, 15) is 8.78 Å². The van der Waals surface area contributed by atoms with E-state index in [1.165, 1.54) is 0 Å². The van der Waals surface area contributed by atoms with Crippen molar-refractivity contribution in [2.75, 3.05) is 18.4 Å². The van der Waals surface area contributed by atoms with Crippen LogP contribution in [0.25, 0.3) is 27.7 Å². The highest BCUT2D eigenvalue weighted by atomic mass is 19.3. The Morgan fingerprint density at radius 3 is 2.81 bits per heavy atom. The van der Waals surface area contributed by atoms with Crippen molar-refractivity contribution in [2.24, 2.45) is 0 Å². The molecule has 1 fully saturated rings. The van der Waals surface area contributed by atoms with Gasteiger partial charge in [-0.15, -0.1) is 0 Å². The summed E-state index contributed by atoms with van der Waals surface area (Å²) in [7, 11) is 0. The molecule has 0 aliphatic carbocycles. The highest BCUT2D eigenvalue weighted by Crippen LogP contribution is 2.30. The molecule has 0 amide bonds. The summed E-state index contributed by atoms with van der Waals surface area (Å²) < 4.78 is 27.0. The van der Waals surface area contributed by atoms with Crippen LogP contribution in [-0.2, 0) is 6.54 Å². The smallest absolute Gasteiger partial charge is 0.261 e.